The van der Waals surface area contributed by atoms with Gasteiger partial charge in [0.15, 0.2) is 0 Å². The number of carbonyl (C=O) groups is 1. The number of rotatable bonds is 12. The van der Waals surface area contributed by atoms with Gasteiger partial charge in [-0.25, -0.2) is 0 Å². The average Bonchev–Trinajstić information content (AvgIpc) is 3.15. The molecule has 2 heterocycles. The second-order valence-electron chi connectivity index (χ2n) is 7.71. The van der Waals surface area contributed by atoms with E-state index >= 15 is 0 Å². The molecule has 3 aromatic rings. The van der Waals surface area contributed by atoms with Gasteiger partial charge in [-0.15, -0.1) is 11.3 Å². The normalized spacial score (nSPS) is 11.3. The Labute approximate surface area is 189 Å². The summed E-state index contributed by atoms with van der Waals surface area (Å²) in [7, 11) is 1.69. The van der Waals surface area contributed by atoms with E-state index in [2.05, 4.69) is 35.4 Å². The smallest absolute Gasteiger partial charge is 0.244 e. The lowest BCUT2D eigenvalue weighted by atomic mass is 10.0. The highest BCUT2D eigenvalue weighted by Crippen LogP contribution is 2.35. The number of fused-ring (bicyclic) bond motifs is 1. The number of benzene rings is 1. The van der Waals surface area contributed by atoms with Crippen LogP contribution in [0.3, 0.4) is 0 Å². The lowest BCUT2D eigenvalue weighted by molar-refractivity contribution is -0.116. The second-order valence-corrected chi connectivity index (χ2v) is 8.79. The Morgan fingerprint density at radius 1 is 1.16 bits per heavy atom. The average molecular weight is 437 g/mol. The van der Waals surface area contributed by atoms with Gasteiger partial charge in [-0.1, -0.05) is 25.8 Å². The molecule has 2 aromatic heterocycles. The number of ether oxygens (including phenoxy) is 1. The Kier molecular flexibility index (Phi) is 9.10. The zero-order valence-corrected chi connectivity index (χ0v) is 19.3. The third kappa shape index (κ3) is 6.93. The van der Waals surface area contributed by atoms with Crippen molar-refractivity contribution in [3.63, 3.8) is 0 Å². The molecule has 0 radical (unpaired) electrons. The zero-order valence-electron chi connectivity index (χ0n) is 18.5. The number of aromatic nitrogens is 1. The first-order chi connectivity index (χ1) is 15.2. The number of methoxy groups -OCH3 is 1. The van der Waals surface area contributed by atoms with Crippen LogP contribution in [0.1, 0.15) is 55.0 Å². The fourth-order valence-electron chi connectivity index (χ4n) is 3.64. The van der Waals surface area contributed by atoms with Crippen molar-refractivity contribution in [1.29, 1.82) is 0 Å². The molecule has 0 aliphatic heterocycles. The summed E-state index contributed by atoms with van der Waals surface area (Å²) >= 11 is 1.73. The molecule has 5 heteroatoms. The lowest BCUT2D eigenvalue weighted by Gasteiger charge is -2.04. The molecule has 164 valence electrons. The monoisotopic (exact) mass is 436 g/mol. The highest BCUT2D eigenvalue weighted by Gasteiger charge is 2.11. The summed E-state index contributed by atoms with van der Waals surface area (Å²) in [6.07, 6.45) is 14.9. The van der Waals surface area contributed by atoms with Gasteiger partial charge in [0.25, 0.3) is 0 Å². The van der Waals surface area contributed by atoms with Gasteiger partial charge < -0.3 is 10.1 Å². The summed E-state index contributed by atoms with van der Waals surface area (Å²) in [5.74, 6) is 0.837. The Morgan fingerprint density at radius 2 is 2.03 bits per heavy atom. The summed E-state index contributed by atoms with van der Waals surface area (Å²) in [5.41, 5.74) is 2.59. The predicted octanol–water partition coefficient (Wildman–Crippen LogP) is 6.19. The Hall–Kier alpha value is -2.66. The summed E-state index contributed by atoms with van der Waals surface area (Å²) in [6.45, 7) is 2.91. The van der Waals surface area contributed by atoms with Crippen molar-refractivity contribution in [1.82, 2.24) is 10.3 Å². The van der Waals surface area contributed by atoms with Crippen LogP contribution < -0.4 is 10.1 Å². The van der Waals surface area contributed by atoms with E-state index in [1.807, 2.05) is 24.4 Å². The third-order valence-corrected chi connectivity index (χ3v) is 6.52. The summed E-state index contributed by atoms with van der Waals surface area (Å²) in [6, 6.07) is 10.3. The topological polar surface area (TPSA) is 51.2 Å². The molecule has 31 heavy (non-hydrogen) atoms. The number of carbonyl (C=O) groups excluding carboxylic acids is 1. The number of pyridine rings is 1. The van der Waals surface area contributed by atoms with Crippen LogP contribution in [0.25, 0.3) is 16.2 Å². The third-order valence-electron chi connectivity index (χ3n) is 5.36. The number of unbranched alkanes of at least 4 members (excludes halogenated alkanes) is 3. The van der Waals surface area contributed by atoms with Crippen molar-refractivity contribution in [2.24, 2.45) is 0 Å². The number of nitrogens with zero attached hydrogens (tertiary/aromatic N) is 1. The molecule has 0 bridgehead atoms. The van der Waals surface area contributed by atoms with E-state index in [-0.39, 0.29) is 5.91 Å². The highest BCUT2D eigenvalue weighted by molar-refractivity contribution is 7.20. The lowest BCUT2D eigenvalue weighted by Crippen LogP contribution is -2.22. The van der Waals surface area contributed by atoms with Gasteiger partial charge in [0.2, 0.25) is 5.91 Å². The first-order valence-electron chi connectivity index (χ1n) is 11.2. The molecule has 1 amide bonds. The van der Waals surface area contributed by atoms with Crippen molar-refractivity contribution in [2.45, 2.75) is 51.9 Å². The fraction of sp³-hybridized carbons (Fsp3) is 0.385. The van der Waals surface area contributed by atoms with Crippen LogP contribution >= 0.6 is 11.3 Å². The van der Waals surface area contributed by atoms with Crippen molar-refractivity contribution in [3.05, 3.63) is 64.8 Å². The molecule has 0 aliphatic rings. The number of hydrogen-bond acceptors (Lipinski definition) is 4. The van der Waals surface area contributed by atoms with E-state index in [9.17, 15) is 4.79 Å². The number of aryl methyl sites for hydroxylation is 2. The van der Waals surface area contributed by atoms with Crippen molar-refractivity contribution >= 4 is 33.4 Å². The molecule has 0 spiro atoms. The number of thiophene rings is 1. The molecule has 0 unspecified atom stereocenters. The van der Waals surface area contributed by atoms with Gasteiger partial charge in [-0.05, 0) is 79.0 Å². The van der Waals surface area contributed by atoms with E-state index in [1.165, 1.54) is 45.4 Å². The number of hydrogen-bond donors (Lipinski definition) is 1. The van der Waals surface area contributed by atoms with E-state index in [0.29, 0.717) is 6.54 Å². The van der Waals surface area contributed by atoms with Crippen molar-refractivity contribution in [2.75, 3.05) is 13.7 Å². The van der Waals surface area contributed by atoms with Crippen LogP contribution in [0.5, 0.6) is 5.75 Å². The molecule has 1 N–H and O–H groups in total. The van der Waals surface area contributed by atoms with Crippen LogP contribution in [0, 0.1) is 0 Å². The minimum atomic E-state index is -0.0316. The molecule has 0 atom stereocenters. The molecule has 0 fully saturated rings. The summed E-state index contributed by atoms with van der Waals surface area (Å²) in [4.78, 5) is 17.6. The van der Waals surface area contributed by atoms with Gasteiger partial charge in [-0.2, -0.15) is 0 Å². The molecule has 0 saturated carbocycles. The van der Waals surface area contributed by atoms with Crippen LogP contribution in [0.2, 0.25) is 0 Å². The Bertz CT molecular complexity index is 995. The largest absolute Gasteiger partial charge is 0.497 e. The van der Waals surface area contributed by atoms with E-state index in [1.54, 1.807) is 30.7 Å². The van der Waals surface area contributed by atoms with E-state index < -0.39 is 0 Å². The quantitative estimate of drug-likeness (QED) is 0.272. The van der Waals surface area contributed by atoms with Gasteiger partial charge >= 0.3 is 0 Å². The first kappa shape index (κ1) is 23.0. The maximum absolute atomic E-state index is 12.3. The first-order valence-corrected chi connectivity index (χ1v) is 12.0. The maximum atomic E-state index is 12.3. The SMILES string of the molecule is CCCCCc1c(C=CC(=O)NCCCCc2cccnc2)sc2cc(OC)ccc12. The second kappa shape index (κ2) is 12.3. The van der Waals surface area contributed by atoms with Crippen LogP contribution in [0.15, 0.2) is 48.8 Å². The molecule has 0 saturated heterocycles. The number of amides is 1. The van der Waals surface area contributed by atoms with Gasteiger partial charge in [-0.3, -0.25) is 9.78 Å². The minimum absolute atomic E-state index is 0.0316. The van der Waals surface area contributed by atoms with Gasteiger partial charge in [0, 0.05) is 34.6 Å². The molecular weight excluding hydrogens is 404 g/mol. The van der Waals surface area contributed by atoms with Crippen LogP contribution in [-0.4, -0.2) is 24.5 Å². The van der Waals surface area contributed by atoms with Crippen molar-refractivity contribution in [3.8, 4) is 5.75 Å². The summed E-state index contributed by atoms with van der Waals surface area (Å²) in [5, 5.41) is 4.28. The highest BCUT2D eigenvalue weighted by atomic mass is 32.1. The van der Waals surface area contributed by atoms with Gasteiger partial charge in [0.05, 0.1) is 7.11 Å². The Morgan fingerprint density at radius 3 is 2.81 bits per heavy atom. The standard InChI is InChI=1S/C26H32N2O2S/c1-3-4-5-11-22-23-13-12-21(30-2)18-25(23)31-24(22)14-15-26(29)28-17-7-6-9-20-10-8-16-27-19-20/h8,10,12-16,18-19H,3-7,9,11,17H2,1-2H3,(H,28,29). The van der Waals surface area contributed by atoms with Crippen LogP contribution in [0.4, 0.5) is 0 Å². The molecule has 4 nitrogen and oxygen atoms in total. The van der Waals surface area contributed by atoms with Crippen molar-refractivity contribution < 1.29 is 9.53 Å². The van der Waals surface area contributed by atoms with E-state index in [0.717, 1.165) is 31.4 Å². The molecule has 0 aliphatic carbocycles. The fourth-order valence-corrected chi connectivity index (χ4v) is 4.83. The number of nitrogens with one attached hydrogen (secondary N) is 1. The summed E-state index contributed by atoms with van der Waals surface area (Å²) < 4.78 is 6.59. The predicted molar refractivity (Wildman–Crippen MR) is 131 cm³/mol. The van der Waals surface area contributed by atoms with E-state index in [4.69, 9.17) is 4.74 Å². The maximum Gasteiger partial charge on any atom is 0.244 e. The zero-order chi connectivity index (χ0) is 21.9. The molecular formula is C26H32N2O2S. The Balaban J connectivity index is 1.57. The minimum Gasteiger partial charge on any atom is -0.497 e. The van der Waals surface area contributed by atoms with Gasteiger partial charge in [0.1, 0.15) is 5.75 Å². The molecule has 1 aromatic carbocycles. The molecule has 3 rings (SSSR count). The van der Waals surface area contributed by atoms with Crippen LogP contribution in [-0.2, 0) is 17.6 Å².